The third kappa shape index (κ3) is 3.51. The molecule has 0 aliphatic carbocycles. The molecule has 128 valence electrons. The molecule has 7 heteroatoms. The van der Waals surface area contributed by atoms with Crippen LogP contribution in [0.15, 0.2) is 12.1 Å². The van der Waals surface area contributed by atoms with Crippen LogP contribution in [0.3, 0.4) is 0 Å². The van der Waals surface area contributed by atoms with E-state index in [9.17, 15) is 9.90 Å². The number of rotatable bonds is 4. The molecule has 23 heavy (non-hydrogen) atoms. The van der Waals surface area contributed by atoms with Crippen molar-refractivity contribution in [1.29, 1.82) is 0 Å². The largest absolute Gasteiger partial charge is 0.506 e. The lowest BCUT2D eigenvalue weighted by atomic mass is 10.1. The van der Waals surface area contributed by atoms with Gasteiger partial charge in [0.15, 0.2) is 14.1 Å². The quantitative estimate of drug-likeness (QED) is 0.338. The number of benzene rings is 1. The van der Waals surface area contributed by atoms with Crippen molar-refractivity contribution in [2.45, 2.75) is 45.0 Å². The van der Waals surface area contributed by atoms with Crippen LogP contribution in [-0.2, 0) is 9.22 Å². The molecule has 1 aliphatic heterocycles. The molecule has 6 nitrogen and oxygen atoms in total. The molecule has 0 radical (unpaired) electrons. The highest BCUT2D eigenvalue weighted by Gasteiger charge is 2.40. The molecule has 0 bridgehead atoms. The average molecular weight is 338 g/mol. The number of nitrogens with two attached hydrogens (primary N) is 1. The van der Waals surface area contributed by atoms with Crippen molar-refractivity contribution < 1.29 is 19.1 Å². The Bertz CT molecular complexity index is 611. The number of carbonyl (C=O) groups excluding carboxylic acids is 1. The minimum atomic E-state index is -2.05. The minimum Gasteiger partial charge on any atom is -0.506 e. The van der Waals surface area contributed by atoms with E-state index in [0.29, 0.717) is 17.0 Å². The lowest BCUT2D eigenvalue weighted by Gasteiger charge is -2.39. The second kappa shape index (κ2) is 6.14. The van der Waals surface area contributed by atoms with Crippen LogP contribution in [-0.4, -0.2) is 32.5 Å². The van der Waals surface area contributed by atoms with Gasteiger partial charge in [0, 0.05) is 12.1 Å². The number of hydrogen-bond acceptors (Lipinski definition) is 6. The van der Waals surface area contributed by atoms with E-state index < -0.39 is 20.4 Å². The van der Waals surface area contributed by atoms with Crippen LogP contribution in [0.4, 0.5) is 5.69 Å². The van der Waals surface area contributed by atoms with E-state index in [4.69, 9.17) is 14.9 Å². The fraction of sp³-hybridized carbons (Fsp3) is 0.562. The zero-order valence-corrected chi connectivity index (χ0v) is 15.4. The molecule has 0 fully saturated rings. The van der Waals surface area contributed by atoms with E-state index >= 15 is 0 Å². The lowest BCUT2D eigenvalue weighted by Crippen LogP contribution is -2.43. The van der Waals surface area contributed by atoms with E-state index in [1.165, 1.54) is 0 Å². The molecule has 1 aromatic rings. The smallest absolute Gasteiger partial charge is 0.330 e. The number of phenols is 1. The molecule has 0 saturated heterocycles. The van der Waals surface area contributed by atoms with Crippen molar-refractivity contribution in [3.05, 3.63) is 17.7 Å². The Labute approximate surface area is 138 Å². The molecule has 0 amide bonds. The summed E-state index contributed by atoms with van der Waals surface area (Å²) in [6, 6.07) is 3.27. The number of nitrogens with one attached hydrogen (secondary N) is 1. The van der Waals surface area contributed by atoms with Crippen molar-refractivity contribution in [2.24, 2.45) is 5.73 Å². The topological polar surface area (TPSA) is 93.8 Å². The lowest BCUT2D eigenvalue weighted by molar-refractivity contribution is -0.132. The summed E-state index contributed by atoms with van der Waals surface area (Å²) in [4.78, 5) is 11.6. The predicted octanol–water partition coefficient (Wildman–Crippen LogP) is 2.74. The van der Waals surface area contributed by atoms with Crippen LogP contribution in [0, 0.1) is 0 Å². The van der Waals surface area contributed by atoms with E-state index in [0.717, 1.165) is 0 Å². The Morgan fingerprint density at radius 3 is 2.65 bits per heavy atom. The number of anilines is 1. The molecule has 1 atom stereocenters. The van der Waals surface area contributed by atoms with Crippen LogP contribution >= 0.6 is 0 Å². The number of phenolic OH excluding ortho intramolecular Hbond substituents is 1. The Kier molecular flexibility index (Phi) is 4.75. The number of fused-ring (bicyclic) bond motifs is 1. The van der Waals surface area contributed by atoms with Gasteiger partial charge in [-0.2, -0.15) is 0 Å². The van der Waals surface area contributed by atoms with Gasteiger partial charge >= 0.3 is 5.97 Å². The van der Waals surface area contributed by atoms with Gasteiger partial charge in [0.1, 0.15) is 18.0 Å². The monoisotopic (exact) mass is 338 g/mol. The molecular formula is C16H26N2O4Si. The third-order valence-electron chi connectivity index (χ3n) is 4.60. The van der Waals surface area contributed by atoms with Gasteiger partial charge in [0.2, 0.25) is 0 Å². The van der Waals surface area contributed by atoms with E-state index in [1.807, 2.05) is 0 Å². The standard InChI is InChI=1S/C16H26N2O4Si/c1-16(2,3)23(4,5)22-12(8-17)10-6-7-11(19)14-15(10)21-13(20)9-18-14/h6-7,12,18-19H,8-9,17H2,1-5H3/t12-/m0/s1. The SMILES string of the molecule is CC(C)(C)[Si](C)(C)O[C@@H](CN)c1ccc(O)c2c1OC(=O)CN2. The summed E-state index contributed by atoms with van der Waals surface area (Å²) in [5.41, 5.74) is 7.04. The van der Waals surface area contributed by atoms with Crippen molar-refractivity contribution in [2.75, 3.05) is 18.4 Å². The first kappa shape index (κ1) is 17.8. The van der Waals surface area contributed by atoms with Crippen molar-refractivity contribution in [3.63, 3.8) is 0 Å². The second-order valence-electron chi connectivity index (χ2n) is 7.31. The molecule has 0 spiro atoms. The Morgan fingerprint density at radius 2 is 2.09 bits per heavy atom. The van der Waals surface area contributed by atoms with Gasteiger partial charge in [-0.05, 0) is 30.3 Å². The van der Waals surface area contributed by atoms with Crippen LogP contribution in [0.2, 0.25) is 18.1 Å². The number of carbonyl (C=O) groups is 1. The van der Waals surface area contributed by atoms with Crippen molar-refractivity contribution in [1.82, 2.24) is 0 Å². The van der Waals surface area contributed by atoms with Crippen molar-refractivity contribution in [3.8, 4) is 11.5 Å². The predicted molar refractivity (Wildman–Crippen MR) is 92.3 cm³/mol. The van der Waals surface area contributed by atoms with Crippen LogP contribution in [0.1, 0.15) is 32.4 Å². The van der Waals surface area contributed by atoms with Gasteiger partial charge in [-0.1, -0.05) is 20.8 Å². The fourth-order valence-corrected chi connectivity index (χ4v) is 3.49. The van der Waals surface area contributed by atoms with Gasteiger partial charge in [-0.25, -0.2) is 4.79 Å². The zero-order chi connectivity index (χ0) is 17.4. The van der Waals surface area contributed by atoms with Crippen LogP contribution in [0.5, 0.6) is 11.5 Å². The fourth-order valence-electron chi connectivity index (χ4n) is 2.20. The molecule has 0 aromatic heterocycles. The van der Waals surface area contributed by atoms with Gasteiger partial charge in [0.05, 0.1) is 6.10 Å². The Hall–Kier alpha value is -1.57. The summed E-state index contributed by atoms with van der Waals surface area (Å²) in [7, 11) is -2.05. The van der Waals surface area contributed by atoms with Gasteiger partial charge in [-0.3, -0.25) is 0 Å². The number of esters is 1. The van der Waals surface area contributed by atoms with E-state index in [-0.39, 0.29) is 23.9 Å². The highest BCUT2D eigenvalue weighted by Crippen LogP contribution is 2.45. The van der Waals surface area contributed by atoms with Gasteiger partial charge in [0.25, 0.3) is 0 Å². The van der Waals surface area contributed by atoms with Crippen LogP contribution < -0.4 is 15.8 Å². The first-order valence-electron chi connectivity index (χ1n) is 7.75. The first-order valence-corrected chi connectivity index (χ1v) is 10.7. The second-order valence-corrected chi connectivity index (χ2v) is 12.1. The number of aromatic hydroxyl groups is 1. The molecule has 0 unspecified atom stereocenters. The number of hydrogen-bond donors (Lipinski definition) is 3. The molecule has 1 aromatic carbocycles. The van der Waals surface area contributed by atoms with E-state index in [2.05, 4.69) is 39.2 Å². The summed E-state index contributed by atoms with van der Waals surface area (Å²) in [6.07, 6.45) is -0.391. The summed E-state index contributed by atoms with van der Waals surface area (Å²) in [6.45, 7) is 11.0. The number of ether oxygens (including phenoxy) is 1. The average Bonchev–Trinajstić information content (AvgIpc) is 2.44. The molecular weight excluding hydrogens is 312 g/mol. The molecule has 2 rings (SSSR count). The summed E-state index contributed by atoms with van der Waals surface area (Å²) in [5, 5.41) is 12.9. The van der Waals surface area contributed by atoms with Gasteiger partial charge in [-0.15, -0.1) is 0 Å². The highest BCUT2D eigenvalue weighted by atomic mass is 28.4. The maximum atomic E-state index is 11.6. The molecule has 1 heterocycles. The van der Waals surface area contributed by atoms with Crippen LogP contribution in [0.25, 0.3) is 0 Å². The van der Waals surface area contributed by atoms with Gasteiger partial charge < -0.3 is 25.3 Å². The molecule has 0 saturated carbocycles. The van der Waals surface area contributed by atoms with E-state index in [1.54, 1.807) is 12.1 Å². The first-order chi connectivity index (χ1) is 10.6. The zero-order valence-electron chi connectivity index (χ0n) is 14.4. The Balaban J connectivity index is 2.41. The maximum absolute atomic E-state index is 11.6. The van der Waals surface area contributed by atoms with Crippen molar-refractivity contribution >= 4 is 20.0 Å². The molecule has 4 N–H and O–H groups in total. The normalized spacial score (nSPS) is 16.3. The summed E-state index contributed by atoms with van der Waals surface area (Å²) >= 11 is 0. The minimum absolute atomic E-state index is 0.0282. The Morgan fingerprint density at radius 1 is 1.43 bits per heavy atom. The summed E-state index contributed by atoms with van der Waals surface area (Å²) in [5.74, 6) is -0.0396. The maximum Gasteiger partial charge on any atom is 0.330 e. The molecule has 1 aliphatic rings. The summed E-state index contributed by atoms with van der Waals surface area (Å²) < 4.78 is 11.7. The third-order valence-corrected chi connectivity index (χ3v) is 9.08. The highest BCUT2D eigenvalue weighted by molar-refractivity contribution is 6.74.